The zero-order chi connectivity index (χ0) is 22.4. The van der Waals surface area contributed by atoms with Gasteiger partial charge < -0.3 is 14.8 Å². The molecule has 0 aromatic carbocycles. The Bertz CT molecular complexity index is 813. The first kappa shape index (κ1) is 24.7. The summed E-state index contributed by atoms with van der Waals surface area (Å²) < 4.78 is 39.5. The fourth-order valence-corrected chi connectivity index (χ4v) is 5.53. The van der Waals surface area contributed by atoms with Crippen molar-refractivity contribution in [2.75, 3.05) is 19.8 Å². The van der Waals surface area contributed by atoms with Gasteiger partial charge in [0.25, 0.3) is 0 Å². The van der Waals surface area contributed by atoms with E-state index in [0.29, 0.717) is 30.0 Å². The number of ether oxygens (including phenoxy) is 2. The van der Waals surface area contributed by atoms with Gasteiger partial charge in [-0.15, -0.1) is 0 Å². The molecule has 2 N–H and O–H groups in total. The highest BCUT2D eigenvalue weighted by atomic mass is 35.5. The highest BCUT2D eigenvalue weighted by Gasteiger charge is 2.32. The van der Waals surface area contributed by atoms with Crippen molar-refractivity contribution in [3.63, 3.8) is 0 Å². The molecule has 2 fully saturated rings. The maximum Gasteiger partial charge on any atom is 0.216 e. The molecule has 31 heavy (non-hydrogen) atoms. The van der Waals surface area contributed by atoms with Crippen molar-refractivity contribution < 1.29 is 17.9 Å². The SMILES string of the molecule is CCOc1ncc(Cl)cc1[C@H]1CC[C@@H](OC[C@@H]2NCCC[C@@H]2NS(=O)(=O)C(C)C)CC1. The number of pyridine rings is 1. The molecule has 1 saturated carbocycles. The third kappa shape index (κ3) is 6.78. The summed E-state index contributed by atoms with van der Waals surface area (Å²) in [6.07, 6.45) is 7.51. The van der Waals surface area contributed by atoms with Crippen LogP contribution >= 0.6 is 11.6 Å². The van der Waals surface area contributed by atoms with Crippen LogP contribution in [-0.4, -0.2) is 56.6 Å². The Morgan fingerprint density at radius 3 is 2.68 bits per heavy atom. The molecule has 0 bridgehead atoms. The summed E-state index contributed by atoms with van der Waals surface area (Å²) >= 11 is 6.18. The van der Waals surface area contributed by atoms with Crippen LogP contribution in [0, 0.1) is 0 Å². The predicted molar refractivity (Wildman–Crippen MR) is 123 cm³/mol. The van der Waals surface area contributed by atoms with Gasteiger partial charge >= 0.3 is 0 Å². The fraction of sp³-hybridized carbons (Fsp3) is 0.773. The minimum Gasteiger partial charge on any atom is -0.478 e. The van der Waals surface area contributed by atoms with E-state index in [1.807, 2.05) is 13.0 Å². The number of piperidine rings is 1. The molecule has 1 aliphatic carbocycles. The summed E-state index contributed by atoms with van der Waals surface area (Å²) in [5.41, 5.74) is 1.09. The maximum atomic E-state index is 12.3. The number of hydrogen-bond acceptors (Lipinski definition) is 6. The van der Waals surface area contributed by atoms with E-state index in [9.17, 15) is 8.42 Å². The molecule has 3 rings (SSSR count). The third-order valence-electron chi connectivity index (χ3n) is 6.27. The first-order chi connectivity index (χ1) is 14.8. The lowest BCUT2D eigenvalue weighted by Gasteiger charge is -2.35. The Balaban J connectivity index is 1.52. The second-order valence-corrected chi connectivity index (χ2v) is 11.5. The van der Waals surface area contributed by atoms with Crippen molar-refractivity contribution in [3.8, 4) is 5.88 Å². The smallest absolute Gasteiger partial charge is 0.216 e. The Morgan fingerprint density at radius 2 is 2.00 bits per heavy atom. The number of hydrogen-bond donors (Lipinski definition) is 2. The van der Waals surface area contributed by atoms with Gasteiger partial charge in [-0.25, -0.2) is 18.1 Å². The van der Waals surface area contributed by atoms with Gasteiger partial charge in [-0.2, -0.15) is 0 Å². The molecule has 2 heterocycles. The second kappa shape index (κ2) is 11.3. The van der Waals surface area contributed by atoms with Crippen LogP contribution in [0.1, 0.15) is 70.8 Å². The van der Waals surface area contributed by atoms with Gasteiger partial charge in [0.1, 0.15) is 0 Å². The maximum absolute atomic E-state index is 12.3. The van der Waals surface area contributed by atoms with Crippen molar-refractivity contribution in [1.29, 1.82) is 0 Å². The van der Waals surface area contributed by atoms with Gasteiger partial charge in [-0.3, -0.25) is 0 Å². The molecule has 1 aromatic heterocycles. The lowest BCUT2D eigenvalue weighted by atomic mass is 9.83. The number of sulfonamides is 1. The average molecular weight is 474 g/mol. The molecule has 176 valence electrons. The van der Waals surface area contributed by atoms with Gasteiger partial charge in [0.15, 0.2) is 0 Å². The normalized spacial score (nSPS) is 27.4. The summed E-state index contributed by atoms with van der Waals surface area (Å²) in [7, 11) is -3.30. The Hall–Kier alpha value is -0.930. The Kier molecular flexibility index (Phi) is 8.99. The lowest BCUT2D eigenvalue weighted by Crippen LogP contribution is -2.56. The third-order valence-corrected chi connectivity index (χ3v) is 8.35. The van der Waals surface area contributed by atoms with Crippen LogP contribution in [0.5, 0.6) is 5.88 Å². The van der Waals surface area contributed by atoms with Crippen molar-refractivity contribution in [1.82, 2.24) is 15.0 Å². The van der Waals surface area contributed by atoms with E-state index in [1.54, 1.807) is 20.0 Å². The van der Waals surface area contributed by atoms with Crippen LogP contribution < -0.4 is 14.8 Å². The van der Waals surface area contributed by atoms with Crippen molar-refractivity contribution >= 4 is 21.6 Å². The van der Waals surface area contributed by atoms with E-state index in [0.717, 1.165) is 50.6 Å². The van der Waals surface area contributed by atoms with E-state index in [1.165, 1.54) is 0 Å². The molecular weight excluding hydrogens is 438 g/mol. The van der Waals surface area contributed by atoms with Crippen LogP contribution in [0.4, 0.5) is 0 Å². The summed E-state index contributed by atoms with van der Waals surface area (Å²) in [6.45, 7) is 7.35. The Labute approximate surface area is 191 Å². The van der Waals surface area contributed by atoms with Gasteiger partial charge in [-0.05, 0) is 77.8 Å². The number of aromatic nitrogens is 1. The van der Waals surface area contributed by atoms with E-state index in [2.05, 4.69) is 15.0 Å². The number of nitrogens with one attached hydrogen (secondary N) is 2. The van der Waals surface area contributed by atoms with E-state index >= 15 is 0 Å². The predicted octanol–water partition coefficient (Wildman–Crippen LogP) is 3.62. The number of rotatable bonds is 9. The standard InChI is InChI=1S/C22H36ClN3O4S/c1-4-29-22-19(12-17(23)13-25-22)16-7-9-18(10-8-16)30-14-21-20(6-5-11-24-21)26-31(27,28)15(2)3/h12-13,15-16,18,20-21,24,26H,4-11,14H2,1-3H3/t16-,18+,20-,21-/m0/s1. The molecule has 9 heteroatoms. The average Bonchev–Trinajstić information content (AvgIpc) is 2.74. The van der Waals surface area contributed by atoms with Crippen LogP contribution in [0.25, 0.3) is 0 Å². The fourth-order valence-electron chi connectivity index (χ4n) is 4.39. The molecule has 2 aliphatic rings. The van der Waals surface area contributed by atoms with Gasteiger partial charge in [0.05, 0.1) is 29.6 Å². The second-order valence-electron chi connectivity index (χ2n) is 8.81. The first-order valence-corrected chi connectivity index (χ1v) is 13.4. The number of nitrogens with zero attached hydrogens (tertiary/aromatic N) is 1. The zero-order valence-corrected chi connectivity index (χ0v) is 20.3. The van der Waals surface area contributed by atoms with Gasteiger partial charge in [-0.1, -0.05) is 11.6 Å². The van der Waals surface area contributed by atoms with Crippen LogP contribution in [0.15, 0.2) is 12.3 Å². The molecular formula is C22H36ClN3O4S. The summed E-state index contributed by atoms with van der Waals surface area (Å²) in [4.78, 5) is 4.36. The monoisotopic (exact) mass is 473 g/mol. The molecule has 1 aromatic rings. The largest absolute Gasteiger partial charge is 0.478 e. The highest BCUT2D eigenvalue weighted by molar-refractivity contribution is 7.90. The molecule has 1 aliphatic heterocycles. The summed E-state index contributed by atoms with van der Waals surface area (Å²) in [5, 5.41) is 3.64. The van der Waals surface area contributed by atoms with E-state index in [-0.39, 0.29) is 18.2 Å². The Morgan fingerprint density at radius 1 is 1.26 bits per heavy atom. The molecule has 1 saturated heterocycles. The quantitative estimate of drug-likeness (QED) is 0.569. The van der Waals surface area contributed by atoms with Crippen molar-refractivity contribution in [2.45, 2.75) is 88.7 Å². The molecule has 0 unspecified atom stereocenters. The van der Waals surface area contributed by atoms with E-state index < -0.39 is 15.3 Å². The zero-order valence-electron chi connectivity index (χ0n) is 18.8. The minimum absolute atomic E-state index is 0.00156. The molecule has 2 atom stereocenters. The lowest BCUT2D eigenvalue weighted by molar-refractivity contribution is 0.00505. The van der Waals surface area contributed by atoms with Gasteiger partial charge in [0, 0.05) is 23.8 Å². The highest BCUT2D eigenvalue weighted by Crippen LogP contribution is 2.38. The summed E-state index contributed by atoms with van der Waals surface area (Å²) in [5.74, 6) is 1.05. The molecule has 0 radical (unpaired) electrons. The van der Waals surface area contributed by atoms with E-state index in [4.69, 9.17) is 21.1 Å². The van der Waals surface area contributed by atoms with Crippen molar-refractivity contribution in [2.24, 2.45) is 0 Å². The minimum atomic E-state index is -3.30. The van der Waals surface area contributed by atoms with Crippen LogP contribution in [-0.2, 0) is 14.8 Å². The topological polar surface area (TPSA) is 89.6 Å². The molecule has 0 amide bonds. The first-order valence-electron chi connectivity index (χ1n) is 11.4. The summed E-state index contributed by atoms with van der Waals surface area (Å²) in [6, 6.07) is 1.86. The molecule has 0 spiro atoms. The molecule has 7 nitrogen and oxygen atoms in total. The number of halogens is 1. The van der Waals surface area contributed by atoms with Crippen molar-refractivity contribution in [3.05, 3.63) is 22.8 Å². The van der Waals surface area contributed by atoms with Crippen LogP contribution in [0.2, 0.25) is 5.02 Å². The van der Waals surface area contributed by atoms with Gasteiger partial charge in [0.2, 0.25) is 15.9 Å². The van der Waals surface area contributed by atoms with Crippen LogP contribution in [0.3, 0.4) is 0 Å².